The van der Waals surface area contributed by atoms with Gasteiger partial charge in [-0.15, -0.1) is 0 Å². The Morgan fingerprint density at radius 1 is 1.06 bits per heavy atom. The number of carbonyl (C=O) groups excluding carboxylic acids is 2. The van der Waals surface area contributed by atoms with Gasteiger partial charge in [0.05, 0.1) is 24.7 Å². The molecule has 1 aromatic carbocycles. The maximum absolute atomic E-state index is 13.1. The molecule has 2 aliphatic rings. The van der Waals surface area contributed by atoms with E-state index in [1.54, 1.807) is 16.7 Å². The van der Waals surface area contributed by atoms with E-state index in [1.807, 2.05) is 0 Å². The molecule has 0 unspecified atom stereocenters. The van der Waals surface area contributed by atoms with Crippen molar-refractivity contribution in [2.24, 2.45) is 5.92 Å². The summed E-state index contributed by atoms with van der Waals surface area (Å²) in [5.74, 6) is 0.862. The minimum atomic E-state index is -0.587. The molecular weight excluding hydrogens is 414 g/mol. The van der Waals surface area contributed by atoms with Crippen molar-refractivity contribution in [2.75, 3.05) is 39.9 Å². The fourth-order valence-corrected chi connectivity index (χ4v) is 4.59. The number of nitrogens with zero attached hydrogens (tertiary/aromatic N) is 3. The lowest BCUT2D eigenvalue weighted by atomic mass is 9.86. The molecule has 1 aromatic rings. The number of nitro groups is 1. The molecule has 0 spiro atoms. The molecule has 176 valence electrons. The molecule has 9 heteroatoms. The molecule has 1 saturated carbocycles. The van der Waals surface area contributed by atoms with Crippen LogP contribution in [0.5, 0.6) is 11.5 Å². The minimum Gasteiger partial charge on any atom is -0.493 e. The van der Waals surface area contributed by atoms with Crippen LogP contribution in [0, 0.1) is 16.0 Å². The van der Waals surface area contributed by atoms with Gasteiger partial charge in [-0.1, -0.05) is 32.1 Å². The number of rotatable bonds is 8. The zero-order valence-electron chi connectivity index (χ0n) is 19.0. The molecule has 0 atom stereocenters. The molecule has 2 fully saturated rings. The van der Waals surface area contributed by atoms with E-state index >= 15 is 0 Å². The van der Waals surface area contributed by atoms with Crippen LogP contribution in [0.2, 0.25) is 0 Å². The summed E-state index contributed by atoms with van der Waals surface area (Å²) in [7, 11) is 1.40. The Kier molecular flexibility index (Phi) is 8.30. The van der Waals surface area contributed by atoms with Crippen LogP contribution < -0.4 is 9.47 Å². The number of carbonyl (C=O) groups is 2. The number of piperazine rings is 1. The first-order valence-corrected chi connectivity index (χ1v) is 11.5. The second-order valence-corrected chi connectivity index (χ2v) is 8.43. The van der Waals surface area contributed by atoms with Crippen molar-refractivity contribution in [1.82, 2.24) is 9.80 Å². The summed E-state index contributed by atoms with van der Waals surface area (Å²) in [6.45, 7) is 3.70. The summed E-state index contributed by atoms with van der Waals surface area (Å²) in [5.41, 5.74) is -0.349. The number of ether oxygens (including phenoxy) is 2. The Bertz CT molecular complexity index is 829. The number of nitro benzene ring substituents is 1. The Morgan fingerprint density at radius 3 is 2.31 bits per heavy atom. The molecule has 9 nitrogen and oxygen atoms in total. The SMILES string of the molecule is CCOc1cc(C(=O)N2CCN(C(=O)CCC3CCCCC3)CC2)c([N+](=O)[O-])cc1OC. The van der Waals surface area contributed by atoms with Crippen molar-refractivity contribution in [3.63, 3.8) is 0 Å². The lowest BCUT2D eigenvalue weighted by Crippen LogP contribution is -2.50. The highest BCUT2D eigenvalue weighted by molar-refractivity contribution is 5.99. The third kappa shape index (κ3) is 5.69. The van der Waals surface area contributed by atoms with Gasteiger partial charge < -0.3 is 19.3 Å². The third-order valence-electron chi connectivity index (χ3n) is 6.42. The Hall–Kier alpha value is -2.84. The topological polar surface area (TPSA) is 102 Å². The molecule has 1 aliphatic heterocycles. The van der Waals surface area contributed by atoms with Gasteiger partial charge in [0.25, 0.3) is 11.6 Å². The number of benzene rings is 1. The summed E-state index contributed by atoms with van der Waals surface area (Å²) in [6.07, 6.45) is 7.78. The largest absolute Gasteiger partial charge is 0.493 e. The highest BCUT2D eigenvalue weighted by atomic mass is 16.6. The second kappa shape index (κ2) is 11.2. The van der Waals surface area contributed by atoms with Crippen LogP contribution in [0.4, 0.5) is 5.69 Å². The van der Waals surface area contributed by atoms with Gasteiger partial charge in [0, 0.05) is 38.7 Å². The summed E-state index contributed by atoms with van der Waals surface area (Å²) >= 11 is 0. The van der Waals surface area contributed by atoms with Gasteiger partial charge in [0.15, 0.2) is 11.5 Å². The van der Waals surface area contributed by atoms with Gasteiger partial charge in [0.2, 0.25) is 5.91 Å². The van der Waals surface area contributed by atoms with E-state index in [4.69, 9.17) is 9.47 Å². The highest BCUT2D eigenvalue weighted by Gasteiger charge is 2.31. The first-order valence-electron chi connectivity index (χ1n) is 11.5. The molecule has 0 bridgehead atoms. The maximum atomic E-state index is 13.1. The van der Waals surface area contributed by atoms with Gasteiger partial charge in [-0.05, 0) is 19.3 Å². The van der Waals surface area contributed by atoms with E-state index in [0.29, 0.717) is 50.9 Å². The smallest absolute Gasteiger partial charge is 0.286 e. The van der Waals surface area contributed by atoms with Crippen LogP contribution in [-0.2, 0) is 4.79 Å². The zero-order chi connectivity index (χ0) is 23.1. The number of hydrogen-bond donors (Lipinski definition) is 0. The van der Waals surface area contributed by atoms with Crippen LogP contribution in [-0.4, -0.2) is 66.4 Å². The van der Waals surface area contributed by atoms with Crippen molar-refractivity contribution < 1.29 is 24.0 Å². The summed E-state index contributed by atoms with van der Waals surface area (Å²) in [4.78, 5) is 40.1. The predicted molar refractivity (Wildman–Crippen MR) is 119 cm³/mol. The van der Waals surface area contributed by atoms with Crippen molar-refractivity contribution in [1.29, 1.82) is 0 Å². The Morgan fingerprint density at radius 2 is 1.72 bits per heavy atom. The minimum absolute atomic E-state index is 0.0312. The van der Waals surface area contributed by atoms with Gasteiger partial charge in [-0.2, -0.15) is 0 Å². The highest BCUT2D eigenvalue weighted by Crippen LogP contribution is 2.35. The predicted octanol–water partition coefficient (Wildman–Crippen LogP) is 3.65. The second-order valence-electron chi connectivity index (χ2n) is 8.43. The van der Waals surface area contributed by atoms with E-state index < -0.39 is 10.8 Å². The molecule has 0 N–H and O–H groups in total. The van der Waals surface area contributed by atoms with Crippen molar-refractivity contribution in [3.05, 3.63) is 27.8 Å². The van der Waals surface area contributed by atoms with Crippen LogP contribution in [0.25, 0.3) is 0 Å². The molecule has 1 heterocycles. The molecule has 1 aliphatic carbocycles. The average molecular weight is 448 g/mol. The van der Waals surface area contributed by atoms with E-state index in [1.165, 1.54) is 51.3 Å². The van der Waals surface area contributed by atoms with Crippen LogP contribution in [0.1, 0.15) is 62.2 Å². The van der Waals surface area contributed by atoms with Crippen LogP contribution in [0.3, 0.4) is 0 Å². The van der Waals surface area contributed by atoms with Crippen molar-refractivity contribution in [3.8, 4) is 11.5 Å². The lowest BCUT2D eigenvalue weighted by Gasteiger charge is -2.35. The van der Waals surface area contributed by atoms with E-state index in [0.717, 1.165) is 6.42 Å². The van der Waals surface area contributed by atoms with Gasteiger partial charge in [0.1, 0.15) is 5.56 Å². The van der Waals surface area contributed by atoms with E-state index in [9.17, 15) is 19.7 Å². The fraction of sp³-hybridized carbons (Fsp3) is 0.652. The number of hydrogen-bond acceptors (Lipinski definition) is 6. The normalized spacial score (nSPS) is 17.2. The third-order valence-corrected chi connectivity index (χ3v) is 6.42. The number of methoxy groups -OCH3 is 1. The van der Waals surface area contributed by atoms with Crippen LogP contribution >= 0.6 is 0 Å². The number of amides is 2. The molecule has 2 amide bonds. The van der Waals surface area contributed by atoms with Gasteiger partial charge in [-0.3, -0.25) is 19.7 Å². The van der Waals surface area contributed by atoms with Crippen molar-refractivity contribution >= 4 is 17.5 Å². The Balaban J connectivity index is 1.62. The standard InChI is InChI=1S/C23H33N3O6/c1-3-32-21-15-18(19(26(29)30)16-20(21)31-2)23(28)25-13-11-24(12-14-25)22(27)10-9-17-7-5-4-6-8-17/h15-17H,3-14H2,1-2H3. The quantitative estimate of drug-likeness (QED) is 0.445. The lowest BCUT2D eigenvalue weighted by molar-refractivity contribution is -0.385. The monoisotopic (exact) mass is 447 g/mol. The average Bonchev–Trinajstić information content (AvgIpc) is 2.82. The molecule has 0 aromatic heterocycles. The summed E-state index contributed by atoms with van der Waals surface area (Å²) in [5, 5.41) is 11.6. The van der Waals surface area contributed by atoms with Gasteiger partial charge >= 0.3 is 0 Å². The fourth-order valence-electron chi connectivity index (χ4n) is 4.59. The molecule has 32 heavy (non-hydrogen) atoms. The maximum Gasteiger partial charge on any atom is 0.286 e. The van der Waals surface area contributed by atoms with E-state index in [-0.39, 0.29) is 22.9 Å². The molecule has 3 rings (SSSR count). The molecule has 1 saturated heterocycles. The molecule has 0 radical (unpaired) electrons. The Labute approximate surface area is 188 Å². The van der Waals surface area contributed by atoms with Gasteiger partial charge in [-0.25, -0.2) is 0 Å². The van der Waals surface area contributed by atoms with Crippen molar-refractivity contribution in [2.45, 2.75) is 51.9 Å². The summed E-state index contributed by atoms with van der Waals surface area (Å²) < 4.78 is 10.7. The first kappa shape index (κ1) is 23.8. The summed E-state index contributed by atoms with van der Waals surface area (Å²) in [6, 6.07) is 2.60. The zero-order valence-corrected chi connectivity index (χ0v) is 19.0. The van der Waals surface area contributed by atoms with E-state index in [2.05, 4.69) is 0 Å². The first-order chi connectivity index (χ1) is 15.4. The van der Waals surface area contributed by atoms with Crippen LogP contribution in [0.15, 0.2) is 12.1 Å². The molecular formula is C23H33N3O6.